The van der Waals surface area contributed by atoms with Crippen LogP contribution in [0.25, 0.3) is 11.8 Å². The zero-order valence-corrected chi connectivity index (χ0v) is 20.9. The van der Waals surface area contributed by atoms with E-state index in [9.17, 15) is 0 Å². The first-order chi connectivity index (χ1) is 17.2. The van der Waals surface area contributed by atoms with E-state index in [-0.39, 0.29) is 0 Å². The van der Waals surface area contributed by atoms with Crippen molar-refractivity contribution in [2.45, 2.75) is 38.1 Å². The zero-order valence-electron chi connectivity index (χ0n) is 20.9. The number of ether oxygens (including phenoxy) is 3. The highest BCUT2D eigenvalue weighted by molar-refractivity contribution is 5.89. The first kappa shape index (κ1) is 21.4. The van der Waals surface area contributed by atoms with Gasteiger partial charge in [-0.3, -0.25) is 0 Å². The van der Waals surface area contributed by atoms with Crippen molar-refractivity contribution in [2.24, 2.45) is 5.92 Å². The van der Waals surface area contributed by atoms with Gasteiger partial charge in [0.15, 0.2) is 11.5 Å². The maximum absolute atomic E-state index is 6.02. The smallest absolute Gasteiger partial charge is 0.231 e. The van der Waals surface area contributed by atoms with Crippen molar-refractivity contribution >= 4 is 17.5 Å². The molecule has 0 N–H and O–H groups in total. The Bertz CT molecular complexity index is 1180. The Balaban J connectivity index is 1.41. The number of hydrogen-bond donors (Lipinski definition) is 0. The molecule has 5 aliphatic rings. The van der Waals surface area contributed by atoms with E-state index >= 15 is 0 Å². The minimum absolute atomic E-state index is 0.322. The minimum atomic E-state index is 0.322. The molecule has 0 unspecified atom stereocenters. The number of likely N-dealkylation sites (N-methyl/N-ethyl adjacent to an activating group) is 1. The Hall–Kier alpha value is -2.86. The Labute approximate surface area is 208 Å². The summed E-state index contributed by atoms with van der Waals surface area (Å²) in [6.07, 6.45) is 8.76. The molecule has 0 spiro atoms. The third-order valence-corrected chi connectivity index (χ3v) is 8.83. The fourth-order valence-corrected chi connectivity index (χ4v) is 7.02. The highest BCUT2D eigenvalue weighted by atomic mass is 16.7. The number of benzene rings is 2. The molecule has 4 aliphatic heterocycles. The van der Waals surface area contributed by atoms with E-state index in [1.165, 1.54) is 59.3 Å². The van der Waals surface area contributed by atoms with E-state index < -0.39 is 0 Å². The molecule has 2 fully saturated rings. The molecule has 7 rings (SSSR count). The van der Waals surface area contributed by atoms with Gasteiger partial charge < -0.3 is 28.9 Å². The zero-order chi connectivity index (χ0) is 23.5. The normalized spacial score (nSPS) is 23.6. The van der Waals surface area contributed by atoms with Crippen molar-refractivity contribution in [3.63, 3.8) is 0 Å². The molecule has 0 bridgehead atoms. The fourth-order valence-electron chi connectivity index (χ4n) is 7.02. The van der Waals surface area contributed by atoms with Gasteiger partial charge in [0.05, 0.1) is 18.8 Å². The van der Waals surface area contributed by atoms with Crippen LogP contribution in [0.2, 0.25) is 0 Å². The molecule has 2 aromatic carbocycles. The molecule has 1 aliphatic carbocycles. The van der Waals surface area contributed by atoms with E-state index in [1.807, 2.05) is 7.11 Å². The molecule has 0 radical (unpaired) electrons. The van der Waals surface area contributed by atoms with Crippen LogP contribution < -0.4 is 19.1 Å². The molecule has 0 aromatic heterocycles. The topological polar surface area (TPSA) is 37.4 Å². The summed E-state index contributed by atoms with van der Waals surface area (Å²) < 4.78 is 17.5. The summed E-state index contributed by atoms with van der Waals surface area (Å²) in [5, 5.41) is 0. The number of piperazine rings is 1. The van der Waals surface area contributed by atoms with Crippen molar-refractivity contribution < 1.29 is 14.2 Å². The second-order valence-electron chi connectivity index (χ2n) is 10.7. The summed E-state index contributed by atoms with van der Waals surface area (Å²) in [4.78, 5) is 7.74. The largest absolute Gasteiger partial charge is 0.495 e. The number of anilines is 1. The van der Waals surface area contributed by atoms with E-state index in [1.54, 1.807) is 0 Å². The standard InChI is InChI=1S/C29H35N3O3/c1-30-11-13-31(14-12-30)29-24(33-2)8-7-21-15-23-22-17-26-25(34-18-35-26)16-20(22)9-10-32(23)28(27(21)29)19-5-3-4-6-19/h7-8,15-17,19,28H,3-6,9-14,18H2,1-2H3/t28-/m1/s1. The fraction of sp³-hybridized carbons (Fsp3) is 0.517. The lowest BCUT2D eigenvalue weighted by molar-refractivity contribution is 0.174. The van der Waals surface area contributed by atoms with Crippen LogP contribution in [0.5, 0.6) is 17.2 Å². The van der Waals surface area contributed by atoms with Crippen LogP contribution in [0.4, 0.5) is 5.69 Å². The first-order valence-electron chi connectivity index (χ1n) is 13.3. The second kappa shape index (κ2) is 8.37. The van der Waals surface area contributed by atoms with Crippen LogP contribution in [0.3, 0.4) is 0 Å². The quantitative estimate of drug-likeness (QED) is 0.639. The van der Waals surface area contributed by atoms with E-state index in [0.717, 1.165) is 56.4 Å². The first-order valence-corrected chi connectivity index (χ1v) is 13.3. The summed E-state index contributed by atoms with van der Waals surface area (Å²) in [6, 6.07) is 9.29. The van der Waals surface area contributed by atoms with E-state index in [4.69, 9.17) is 14.2 Å². The average Bonchev–Trinajstić information content (AvgIpc) is 3.58. The summed E-state index contributed by atoms with van der Waals surface area (Å²) in [5.41, 5.74) is 8.22. The average molecular weight is 474 g/mol. The predicted molar refractivity (Wildman–Crippen MR) is 138 cm³/mol. The summed E-state index contributed by atoms with van der Waals surface area (Å²) in [5.74, 6) is 3.46. The van der Waals surface area contributed by atoms with Gasteiger partial charge in [0.1, 0.15) is 5.75 Å². The Morgan fingerprint density at radius 1 is 0.943 bits per heavy atom. The number of methoxy groups -OCH3 is 1. The molecule has 4 heterocycles. The summed E-state index contributed by atoms with van der Waals surface area (Å²) in [7, 11) is 4.05. The van der Waals surface area contributed by atoms with Gasteiger partial charge in [-0.15, -0.1) is 0 Å². The van der Waals surface area contributed by atoms with Crippen LogP contribution >= 0.6 is 0 Å². The van der Waals surface area contributed by atoms with Crippen molar-refractivity contribution in [3.05, 3.63) is 46.5 Å². The lowest BCUT2D eigenvalue weighted by atomic mass is 9.79. The summed E-state index contributed by atoms with van der Waals surface area (Å²) in [6.45, 7) is 5.63. The van der Waals surface area contributed by atoms with E-state index in [2.05, 4.69) is 52.1 Å². The van der Waals surface area contributed by atoms with Gasteiger partial charge in [-0.25, -0.2) is 0 Å². The van der Waals surface area contributed by atoms with Gasteiger partial charge in [-0.05, 0) is 67.6 Å². The van der Waals surface area contributed by atoms with E-state index in [0.29, 0.717) is 18.8 Å². The monoisotopic (exact) mass is 473 g/mol. The van der Waals surface area contributed by atoms with Crippen LogP contribution in [0.1, 0.15) is 54.0 Å². The number of nitrogens with zero attached hydrogens (tertiary/aromatic N) is 3. The molecule has 6 heteroatoms. The molecular weight excluding hydrogens is 438 g/mol. The predicted octanol–water partition coefficient (Wildman–Crippen LogP) is 4.78. The van der Waals surface area contributed by atoms with Crippen LogP contribution in [-0.2, 0) is 6.42 Å². The Morgan fingerprint density at radius 3 is 2.49 bits per heavy atom. The highest BCUT2D eigenvalue weighted by Gasteiger charge is 2.41. The van der Waals surface area contributed by atoms with Gasteiger partial charge in [0, 0.05) is 49.5 Å². The van der Waals surface area contributed by atoms with Crippen LogP contribution in [0, 0.1) is 5.92 Å². The van der Waals surface area contributed by atoms with Gasteiger partial charge in [0.2, 0.25) is 6.79 Å². The number of rotatable bonds is 3. The van der Waals surface area contributed by atoms with Gasteiger partial charge in [-0.1, -0.05) is 18.9 Å². The van der Waals surface area contributed by atoms with Crippen molar-refractivity contribution in [1.29, 1.82) is 0 Å². The molecule has 2 aromatic rings. The Morgan fingerprint density at radius 2 is 1.71 bits per heavy atom. The van der Waals surface area contributed by atoms with Gasteiger partial charge >= 0.3 is 0 Å². The Kier molecular flexibility index (Phi) is 5.12. The molecule has 35 heavy (non-hydrogen) atoms. The van der Waals surface area contributed by atoms with Crippen molar-refractivity contribution in [2.75, 3.05) is 58.6 Å². The third-order valence-electron chi connectivity index (χ3n) is 8.83. The second-order valence-corrected chi connectivity index (χ2v) is 10.7. The maximum Gasteiger partial charge on any atom is 0.231 e. The highest BCUT2D eigenvalue weighted by Crippen LogP contribution is 2.54. The molecule has 1 atom stereocenters. The minimum Gasteiger partial charge on any atom is -0.495 e. The lowest BCUT2D eigenvalue weighted by Crippen LogP contribution is -2.46. The van der Waals surface area contributed by atoms with Crippen molar-refractivity contribution in [3.8, 4) is 17.2 Å². The lowest BCUT2D eigenvalue weighted by Gasteiger charge is -2.47. The summed E-state index contributed by atoms with van der Waals surface area (Å²) >= 11 is 0. The van der Waals surface area contributed by atoms with Gasteiger partial charge in [-0.2, -0.15) is 0 Å². The van der Waals surface area contributed by atoms with Crippen LogP contribution in [-0.4, -0.2) is 63.5 Å². The van der Waals surface area contributed by atoms with Crippen LogP contribution in [0.15, 0.2) is 24.3 Å². The molecule has 184 valence electrons. The number of fused-ring (bicyclic) bond motifs is 5. The molecule has 1 saturated heterocycles. The molecule has 0 amide bonds. The third kappa shape index (κ3) is 3.40. The molecule has 1 saturated carbocycles. The number of hydrogen-bond acceptors (Lipinski definition) is 6. The van der Waals surface area contributed by atoms with Crippen molar-refractivity contribution in [1.82, 2.24) is 9.80 Å². The SMILES string of the molecule is COc1ccc2c(c1N1CCN(C)CC1)[C@@H](C1CCCC1)N1CCc3cc4c(cc3C1=C2)OCO4. The molecule has 6 nitrogen and oxygen atoms in total. The molecular formula is C29H35N3O3. The maximum atomic E-state index is 6.02. The van der Waals surface area contributed by atoms with Gasteiger partial charge in [0.25, 0.3) is 0 Å².